The third-order valence-electron chi connectivity index (χ3n) is 5.27. The Labute approximate surface area is 166 Å². The van der Waals surface area contributed by atoms with Crippen molar-refractivity contribution in [2.75, 3.05) is 13.7 Å². The molecule has 2 aromatic carbocycles. The van der Waals surface area contributed by atoms with E-state index in [1.807, 2.05) is 49.5 Å². The Balaban J connectivity index is 1.92. The molecule has 1 amide bonds. The summed E-state index contributed by atoms with van der Waals surface area (Å²) >= 11 is 0. The summed E-state index contributed by atoms with van der Waals surface area (Å²) in [6.45, 7) is 4.30. The van der Waals surface area contributed by atoms with Crippen LogP contribution in [0.3, 0.4) is 0 Å². The van der Waals surface area contributed by atoms with Crippen LogP contribution in [0.25, 0.3) is 10.9 Å². The molecule has 1 aromatic heterocycles. The van der Waals surface area contributed by atoms with Crippen molar-refractivity contribution in [2.24, 2.45) is 5.73 Å². The number of H-pyrrole nitrogens is 1. The van der Waals surface area contributed by atoms with Crippen LogP contribution in [0.15, 0.2) is 54.7 Å². The van der Waals surface area contributed by atoms with Crippen molar-refractivity contribution in [3.8, 4) is 5.75 Å². The standard InChI is InChI=1S/C23H29N3O2/c1-4-13-23(2,24)22(27)26-14-19(16-9-11-17(28-3)12-10-16)20-15-25-21-8-6-5-7-18(20)21/h5-12,15,19,25H,4,13-14,24H2,1-3H3,(H,26,27). The van der Waals surface area contributed by atoms with E-state index in [4.69, 9.17) is 10.5 Å². The first kappa shape index (κ1) is 20.0. The fraction of sp³-hybridized carbons (Fsp3) is 0.348. The summed E-state index contributed by atoms with van der Waals surface area (Å²) in [7, 11) is 1.65. The third-order valence-corrected chi connectivity index (χ3v) is 5.27. The zero-order chi connectivity index (χ0) is 20.1. The number of carbonyl (C=O) groups excluding carboxylic acids is 1. The van der Waals surface area contributed by atoms with Gasteiger partial charge in [-0.2, -0.15) is 0 Å². The monoisotopic (exact) mass is 379 g/mol. The fourth-order valence-electron chi connectivity index (χ4n) is 3.66. The molecule has 0 bridgehead atoms. The van der Waals surface area contributed by atoms with Gasteiger partial charge < -0.3 is 20.8 Å². The Morgan fingerprint density at radius 2 is 1.93 bits per heavy atom. The molecule has 0 saturated heterocycles. The van der Waals surface area contributed by atoms with Gasteiger partial charge in [-0.1, -0.05) is 43.7 Å². The lowest BCUT2D eigenvalue weighted by atomic mass is 9.90. The number of nitrogens with one attached hydrogen (secondary N) is 2. The van der Waals surface area contributed by atoms with Crippen LogP contribution in [0.5, 0.6) is 5.75 Å². The topological polar surface area (TPSA) is 80.1 Å². The Bertz CT molecular complexity index is 928. The summed E-state index contributed by atoms with van der Waals surface area (Å²) < 4.78 is 5.29. The van der Waals surface area contributed by atoms with Crippen molar-refractivity contribution in [1.82, 2.24) is 10.3 Å². The highest BCUT2D eigenvalue weighted by molar-refractivity contribution is 5.86. The van der Waals surface area contributed by atoms with Crippen LogP contribution in [-0.4, -0.2) is 30.1 Å². The predicted octanol–water partition coefficient (Wildman–Crippen LogP) is 3.94. The predicted molar refractivity (Wildman–Crippen MR) is 114 cm³/mol. The molecule has 5 nitrogen and oxygen atoms in total. The largest absolute Gasteiger partial charge is 0.497 e. The van der Waals surface area contributed by atoms with Crippen molar-refractivity contribution < 1.29 is 9.53 Å². The van der Waals surface area contributed by atoms with Crippen LogP contribution in [0.2, 0.25) is 0 Å². The lowest BCUT2D eigenvalue weighted by molar-refractivity contribution is -0.126. The normalized spacial score (nSPS) is 14.4. The van der Waals surface area contributed by atoms with Gasteiger partial charge in [-0.15, -0.1) is 0 Å². The average molecular weight is 380 g/mol. The number of amides is 1. The van der Waals surface area contributed by atoms with Gasteiger partial charge in [-0.05, 0) is 42.7 Å². The molecular weight excluding hydrogens is 350 g/mol. The lowest BCUT2D eigenvalue weighted by Crippen LogP contribution is -2.52. The highest BCUT2D eigenvalue weighted by atomic mass is 16.5. The summed E-state index contributed by atoms with van der Waals surface area (Å²) in [4.78, 5) is 16.0. The van der Waals surface area contributed by atoms with Crippen molar-refractivity contribution in [1.29, 1.82) is 0 Å². The molecular formula is C23H29N3O2. The quantitative estimate of drug-likeness (QED) is 0.554. The number of rotatable bonds is 8. The van der Waals surface area contributed by atoms with E-state index < -0.39 is 5.54 Å². The van der Waals surface area contributed by atoms with Crippen LogP contribution < -0.4 is 15.8 Å². The summed E-state index contributed by atoms with van der Waals surface area (Å²) in [5.41, 5.74) is 8.69. The molecule has 0 spiro atoms. The SMILES string of the molecule is CCCC(C)(N)C(=O)NCC(c1ccc(OC)cc1)c1c[nH]c2ccccc12. The average Bonchev–Trinajstić information content (AvgIpc) is 3.12. The van der Waals surface area contributed by atoms with Gasteiger partial charge >= 0.3 is 0 Å². The Morgan fingerprint density at radius 3 is 2.61 bits per heavy atom. The molecule has 0 aliphatic heterocycles. The molecule has 1 heterocycles. The Hall–Kier alpha value is -2.79. The van der Waals surface area contributed by atoms with Gasteiger partial charge in [0.2, 0.25) is 5.91 Å². The highest BCUT2D eigenvalue weighted by Gasteiger charge is 2.28. The summed E-state index contributed by atoms with van der Waals surface area (Å²) in [6.07, 6.45) is 3.54. The minimum absolute atomic E-state index is 0.00318. The minimum Gasteiger partial charge on any atom is -0.497 e. The molecule has 0 aliphatic carbocycles. The molecule has 0 aliphatic rings. The van der Waals surface area contributed by atoms with Crippen molar-refractivity contribution >= 4 is 16.8 Å². The summed E-state index contributed by atoms with van der Waals surface area (Å²) in [6, 6.07) is 16.2. The number of aromatic nitrogens is 1. The number of methoxy groups -OCH3 is 1. The maximum absolute atomic E-state index is 12.7. The molecule has 3 aromatic rings. The van der Waals surface area contributed by atoms with Gasteiger partial charge in [-0.3, -0.25) is 4.79 Å². The van der Waals surface area contributed by atoms with Crippen LogP contribution in [0.1, 0.15) is 43.7 Å². The van der Waals surface area contributed by atoms with E-state index in [0.29, 0.717) is 13.0 Å². The zero-order valence-electron chi connectivity index (χ0n) is 16.8. The lowest BCUT2D eigenvalue weighted by Gasteiger charge is -2.25. The Morgan fingerprint density at radius 1 is 1.21 bits per heavy atom. The van der Waals surface area contributed by atoms with Gasteiger partial charge in [0.15, 0.2) is 0 Å². The van der Waals surface area contributed by atoms with E-state index in [0.717, 1.165) is 34.2 Å². The molecule has 4 N–H and O–H groups in total. The first-order valence-electron chi connectivity index (χ1n) is 9.73. The Kier molecular flexibility index (Phi) is 6.05. The van der Waals surface area contributed by atoms with Gasteiger partial charge in [0.1, 0.15) is 5.75 Å². The van der Waals surface area contributed by atoms with E-state index in [2.05, 4.69) is 22.4 Å². The molecule has 2 unspecified atom stereocenters. The molecule has 0 saturated carbocycles. The maximum Gasteiger partial charge on any atom is 0.239 e. The van der Waals surface area contributed by atoms with Crippen molar-refractivity contribution in [3.05, 3.63) is 65.9 Å². The molecule has 28 heavy (non-hydrogen) atoms. The molecule has 5 heteroatoms. The number of benzene rings is 2. The minimum atomic E-state index is -0.862. The van der Waals surface area contributed by atoms with Crippen LogP contribution in [-0.2, 0) is 4.79 Å². The van der Waals surface area contributed by atoms with E-state index in [1.165, 1.54) is 0 Å². The second-order valence-electron chi connectivity index (χ2n) is 7.49. The highest BCUT2D eigenvalue weighted by Crippen LogP contribution is 2.31. The first-order valence-corrected chi connectivity index (χ1v) is 9.73. The van der Waals surface area contributed by atoms with E-state index in [9.17, 15) is 4.79 Å². The molecule has 148 valence electrons. The van der Waals surface area contributed by atoms with Gasteiger partial charge in [0.05, 0.1) is 12.6 Å². The zero-order valence-corrected chi connectivity index (χ0v) is 16.8. The van der Waals surface area contributed by atoms with Crippen LogP contribution in [0.4, 0.5) is 0 Å². The molecule has 0 fully saturated rings. The number of para-hydroxylation sites is 1. The molecule has 2 atom stereocenters. The number of nitrogens with two attached hydrogens (primary N) is 1. The summed E-state index contributed by atoms with van der Waals surface area (Å²) in [5.74, 6) is 0.694. The van der Waals surface area contributed by atoms with Gasteiger partial charge in [0.25, 0.3) is 0 Å². The van der Waals surface area contributed by atoms with E-state index >= 15 is 0 Å². The van der Waals surface area contributed by atoms with Crippen molar-refractivity contribution in [2.45, 2.75) is 38.1 Å². The third kappa shape index (κ3) is 4.20. The number of ether oxygens (including phenoxy) is 1. The number of fused-ring (bicyclic) bond motifs is 1. The number of hydrogen-bond donors (Lipinski definition) is 3. The van der Waals surface area contributed by atoms with Crippen LogP contribution >= 0.6 is 0 Å². The van der Waals surface area contributed by atoms with Gasteiger partial charge in [-0.25, -0.2) is 0 Å². The second kappa shape index (κ2) is 8.48. The summed E-state index contributed by atoms with van der Waals surface area (Å²) in [5, 5.41) is 4.23. The van der Waals surface area contributed by atoms with Gasteiger partial charge in [0, 0.05) is 29.6 Å². The maximum atomic E-state index is 12.7. The number of aromatic amines is 1. The second-order valence-corrected chi connectivity index (χ2v) is 7.49. The smallest absolute Gasteiger partial charge is 0.239 e. The number of hydrogen-bond acceptors (Lipinski definition) is 3. The first-order chi connectivity index (χ1) is 13.5. The van der Waals surface area contributed by atoms with E-state index in [-0.39, 0.29) is 11.8 Å². The molecule has 3 rings (SSSR count). The van der Waals surface area contributed by atoms with Crippen LogP contribution in [0, 0.1) is 0 Å². The van der Waals surface area contributed by atoms with Crippen molar-refractivity contribution in [3.63, 3.8) is 0 Å². The fourth-order valence-corrected chi connectivity index (χ4v) is 3.66. The number of carbonyl (C=O) groups is 1. The van der Waals surface area contributed by atoms with E-state index in [1.54, 1.807) is 14.0 Å². The molecule has 0 radical (unpaired) electrons.